The van der Waals surface area contributed by atoms with Gasteiger partial charge in [0, 0.05) is 6.07 Å². The molecule has 0 aliphatic heterocycles. The van der Waals surface area contributed by atoms with E-state index >= 15 is 0 Å². The number of carbonyl (C=O) groups is 1. The van der Waals surface area contributed by atoms with Crippen molar-refractivity contribution < 1.29 is 23.5 Å². The topological polar surface area (TPSA) is 88.9 Å². The SMILES string of the molecule is Cc1cc(F)ccc1Oc1ccc(C=CC(C)N(O)C(N)=O)o1. The third-order valence-corrected chi connectivity index (χ3v) is 3.10. The van der Waals surface area contributed by atoms with E-state index < -0.39 is 12.1 Å². The minimum Gasteiger partial charge on any atom is -0.426 e. The molecule has 0 aliphatic rings. The van der Waals surface area contributed by atoms with E-state index in [0.29, 0.717) is 22.1 Å². The van der Waals surface area contributed by atoms with E-state index in [4.69, 9.17) is 14.9 Å². The van der Waals surface area contributed by atoms with Crippen LogP contribution in [0.4, 0.5) is 9.18 Å². The van der Waals surface area contributed by atoms with Crippen molar-refractivity contribution in [2.75, 3.05) is 0 Å². The number of carbonyl (C=O) groups excluding carboxylic acids is 1. The lowest BCUT2D eigenvalue weighted by atomic mass is 10.2. The number of hydrogen-bond acceptors (Lipinski definition) is 4. The van der Waals surface area contributed by atoms with E-state index in [9.17, 15) is 14.4 Å². The molecule has 0 saturated heterocycles. The molecule has 3 N–H and O–H groups in total. The van der Waals surface area contributed by atoms with Gasteiger partial charge in [-0.15, -0.1) is 0 Å². The smallest absolute Gasteiger partial charge is 0.339 e. The fourth-order valence-corrected chi connectivity index (χ4v) is 1.83. The fraction of sp³-hybridized carbons (Fsp3) is 0.188. The van der Waals surface area contributed by atoms with Gasteiger partial charge in [-0.2, -0.15) is 5.06 Å². The minimum absolute atomic E-state index is 0.239. The maximum atomic E-state index is 13.0. The number of rotatable bonds is 5. The molecular formula is C16H17FN2O4. The van der Waals surface area contributed by atoms with Gasteiger partial charge >= 0.3 is 6.03 Å². The average Bonchev–Trinajstić information content (AvgIpc) is 2.94. The van der Waals surface area contributed by atoms with Crippen molar-refractivity contribution in [3.8, 4) is 11.7 Å². The molecule has 1 unspecified atom stereocenters. The van der Waals surface area contributed by atoms with Crippen LogP contribution in [-0.4, -0.2) is 22.3 Å². The Hall–Kier alpha value is -2.80. The Labute approximate surface area is 132 Å². The molecule has 0 spiro atoms. The zero-order valence-corrected chi connectivity index (χ0v) is 12.7. The number of nitrogens with two attached hydrogens (primary N) is 1. The molecule has 0 fully saturated rings. The van der Waals surface area contributed by atoms with Gasteiger partial charge in [0.1, 0.15) is 17.3 Å². The second kappa shape index (κ2) is 6.97. The average molecular weight is 320 g/mol. The molecule has 0 bridgehead atoms. The van der Waals surface area contributed by atoms with Crippen molar-refractivity contribution in [3.05, 3.63) is 53.5 Å². The number of ether oxygens (including phenoxy) is 1. The predicted octanol–water partition coefficient (Wildman–Crippen LogP) is 3.69. The second-order valence-electron chi connectivity index (χ2n) is 4.95. The van der Waals surface area contributed by atoms with Crippen LogP contribution in [-0.2, 0) is 0 Å². The lowest BCUT2D eigenvalue weighted by molar-refractivity contribution is -0.0560. The summed E-state index contributed by atoms with van der Waals surface area (Å²) in [7, 11) is 0. The first-order valence-electron chi connectivity index (χ1n) is 6.86. The van der Waals surface area contributed by atoms with Crippen molar-refractivity contribution in [1.29, 1.82) is 0 Å². The molecule has 6 nitrogen and oxygen atoms in total. The highest BCUT2D eigenvalue weighted by molar-refractivity contribution is 5.71. The van der Waals surface area contributed by atoms with E-state index in [1.54, 1.807) is 32.1 Å². The van der Waals surface area contributed by atoms with Gasteiger partial charge in [-0.05, 0) is 49.8 Å². The van der Waals surface area contributed by atoms with Gasteiger partial charge in [0.15, 0.2) is 0 Å². The van der Waals surface area contributed by atoms with Crippen molar-refractivity contribution in [3.63, 3.8) is 0 Å². The van der Waals surface area contributed by atoms with Gasteiger partial charge in [-0.1, -0.05) is 6.08 Å². The summed E-state index contributed by atoms with van der Waals surface area (Å²) in [4.78, 5) is 10.8. The molecule has 2 aromatic rings. The van der Waals surface area contributed by atoms with Crippen molar-refractivity contribution >= 4 is 12.1 Å². The highest BCUT2D eigenvalue weighted by Crippen LogP contribution is 2.27. The third-order valence-electron chi connectivity index (χ3n) is 3.10. The number of nitrogens with zero attached hydrogens (tertiary/aromatic N) is 1. The molecule has 0 saturated carbocycles. The normalized spacial score (nSPS) is 12.3. The van der Waals surface area contributed by atoms with Crippen molar-refractivity contribution in [1.82, 2.24) is 5.06 Å². The van der Waals surface area contributed by atoms with Gasteiger partial charge in [0.05, 0.1) is 6.04 Å². The minimum atomic E-state index is -0.947. The zero-order chi connectivity index (χ0) is 17.0. The van der Waals surface area contributed by atoms with E-state index in [1.165, 1.54) is 24.3 Å². The first kappa shape index (κ1) is 16.6. The monoisotopic (exact) mass is 320 g/mol. The van der Waals surface area contributed by atoms with E-state index in [2.05, 4.69) is 0 Å². The molecule has 7 heteroatoms. The van der Waals surface area contributed by atoms with Gasteiger partial charge in [0.25, 0.3) is 5.95 Å². The van der Waals surface area contributed by atoms with Gasteiger partial charge in [-0.25, -0.2) is 9.18 Å². The summed E-state index contributed by atoms with van der Waals surface area (Å²) in [6.45, 7) is 3.31. The summed E-state index contributed by atoms with van der Waals surface area (Å²) in [6.07, 6.45) is 3.11. The Bertz CT molecular complexity index is 727. The van der Waals surface area contributed by atoms with Crippen LogP contribution in [0.15, 0.2) is 40.8 Å². The largest absolute Gasteiger partial charge is 0.426 e. The summed E-state index contributed by atoms with van der Waals surface area (Å²) >= 11 is 0. The summed E-state index contributed by atoms with van der Waals surface area (Å²) in [5.74, 6) is 0.849. The number of amides is 2. The summed E-state index contributed by atoms with van der Waals surface area (Å²) in [6, 6.07) is 5.88. The van der Waals surface area contributed by atoms with Crippen LogP contribution >= 0.6 is 0 Å². The molecule has 1 heterocycles. The van der Waals surface area contributed by atoms with Crippen LogP contribution in [0.1, 0.15) is 18.2 Å². The second-order valence-corrected chi connectivity index (χ2v) is 4.95. The van der Waals surface area contributed by atoms with Crippen molar-refractivity contribution in [2.24, 2.45) is 5.73 Å². The van der Waals surface area contributed by atoms with Crippen LogP contribution in [0.25, 0.3) is 6.08 Å². The summed E-state index contributed by atoms with van der Waals surface area (Å²) in [5, 5.41) is 9.75. The molecule has 1 aromatic carbocycles. The Morgan fingerprint density at radius 3 is 2.83 bits per heavy atom. The molecule has 2 amide bonds. The predicted molar refractivity (Wildman–Crippen MR) is 81.6 cm³/mol. The molecule has 1 aromatic heterocycles. The van der Waals surface area contributed by atoms with Crippen LogP contribution in [0.5, 0.6) is 11.7 Å². The number of halogens is 1. The number of hydroxylamine groups is 2. The van der Waals surface area contributed by atoms with E-state index in [0.717, 1.165) is 0 Å². The van der Waals surface area contributed by atoms with Crippen LogP contribution < -0.4 is 10.5 Å². The van der Waals surface area contributed by atoms with Crippen LogP contribution in [0.3, 0.4) is 0 Å². The highest BCUT2D eigenvalue weighted by Gasteiger charge is 2.12. The van der Waals surface area contributed by atoms with E-state index in [1.807, 2.05) is 0 Å². The van der Waals surface area contributed by atoms with E-state index in [-0.39, 0.29) is 11.8 Å². The maximum Gasteiger partial charge on any atom is 0.339 e. The van der Waals surface area contributed by atoms with Gasteiger partial charge in [-0.3, -0.25) is 5.21 Å². The Morgan fingerprint density at radius 1 is 1.43 bits per heavy atom. The molecule has 23 heavy (non-hydrogen) atoms. The quantitative estimate of drug-likeness (QED) is 0.649. The molecule has 2 rings (SSSR count). The molecule has 122 valence electrons. The molecule has 1 atom stereocenters. The maximum absolute atomic E-state index is 13.0. The Kier molecular flexibility index (Phi) is 5.02. The van der Waals surface area contributed by atoms with Gasteiger partial charge < -0.3 is 14.9 Å². The van der Waals surface area contributed by atoms with Crippen molar-refractivity contribution in [2.45, 2.75) is 19.9 Å². The number of hydrogen-bond donors (Lipinski definition) is 2. The molecule has 0 radical (unpaired) electrons. The first-order chi connectivity index (χ1) is 10.9. The fourth-order valence-electron chi connectivity index (χ4n) is 1.83. The number of furan rings is 1. The standard InChI is InChI=1S/C16H17FN2O4/c1-10-9-12(17)4-7-14(10)23-15-8-6-13(22-15)5-3-11(2)19(21)16(18)20/h3-9,11,21H,1-2H3,(H2,18,20). The van der Waals surface area contributed by atoms with Gasteiger partial charge in [0.2, 0.25) is 0 Å². The lowest BCUT2D eigenvalue weighted by Gasteiger charge is -2.16. The zero-order valence-electron chi connectivity index (χ0n) is 12.7. The van der Waals surface area contributed by atoms with Crippen LogP contribution in [0.2, 0.25) is 0 Å². The Morgan fingerprint density at radius 2 is 2.17 bits per heavy atom. The molecule has 0 aliphatic carbocycles. The number of primary amides is 1. The third kappa shape index (κ3) is 4.33. The highest BCUT2D eigenvalue weighted by atomic mass is 19.1. The molecular weight excluding hydrogens is 303 g/mol. The number of benzene rings is 1. The Balaban J connectivity index is 2.04. The summed E-state index contributed by atoms with van der Waals surface area (Å²) in [5.41, 5.74) is 5.60. The number of aryl methyl sites for hydroxylation is 1. The summed E-state index contributed by atoms with van der Waals surface area (Å²) < 4.78 is 24.0. The number of urea groups is 1. The van der Waals surface area contributed by atoms with Crippen LogP contribution in [0, 0.1) is 12.7 Å². The lowest BCUT2D eigenvalue weighted by Crippen LogP contribution is -2.38. The first-order valence-corrected chi connectivity index (χ1v) is 6.86.